The maximum atomic E-state index is 6.31. The normalized spacial score (nSPS) is 12.0. The highest BCUT2D eigenvalue weighted by Crippen LogP contribution is 2.45. The van der Waals surface area contributed by atoms with Gasteiger partial charge in [-0.2, -0.15) is 0 Å². The summed E-state index contributed by atoms with van der Waals surface area (Å²) in [6, 6.07) is 46.5. The molecule has 0 aliphatic heterocycles. The topological polar surface area (TPSA) is 13.1 Å². The fourth-order valence-electron chi connectivity index (χ4n) is 6.48. The lowest BCUT2D eigenvalue weighted by molar-refractivity contribution is 0.669. The summed E-state index contributed by atoms with van der Waals surface area (Å²) in [4.78, 5) is 0. The Labute approximate surface area is 234 Å². The van der Waals surface area contributed by atoms with Crippen LogP contribution >= 0.6 is 11.3 Å². The molecule has 186 valence electrons. The summed E-state index contributed by atoms with van der Waals surface area (Å²) < 4.78 is 7.60. The van der Waals surface area contributed by atoms with Crippen molar-refractivity contribution in [1.82, 2.24) is 0 Å². The van der Waals surface area contributed by atoms with Crippen molar-refractivity contribution in [3.05, 3.63) is 133 Å². The Kier molecular flexibility index (Phi) is 4.55. The predicted molar refractivity (Wildman–Crippen MR) is 172 cm³/mol. The summed E-state index contributed by atoms with van der Waals surface area (Å²) in [6.07, 6.45) is 0. The molecule has 0 atom stereocenters. The third kappa shape index (κ3) is 3.14. The lowest BCUT2D eigenvalue weighted by atomic mass is 9.85. The Morgan fingerprint density at radius 2 is 1.00 bits per heavy atom. The average molecular weight is 527 g/mol. The van der Waals surface area contributed by atoms with Gasteiger partial charge < -0.3 is 4.42 Å². The number of rotatable bonds is 2. The zero-order valence-electron chi connectivity index (χ0n) is 21.5. The Hall–Kier alpha value is -4.92. The number of hydrogen-bond donors (Lipinski definition) is 0. The minimum absolute atomic E-state index is 0.929. The molecular weight excluding hydrogens is 504 g/mol. The molecular formula is C38H22OS. The van der Waals surface area contributed by atoms with Crippen LogP contribution in [-0.2, 0) is 0 Å². The number of hydrogen-bond acceptors (Lipinski definition) is 2. The van der Waals surface area contributed by atoms with Crippen LogP contribution in [0.4, 0.5) is 0 Å². The minimum atomic E-state index is 0.929. The van der Waals surface area contributed by atoms with Crippen LogP contribution in [-0.4, -0.2) is 0 Å². The van der Waals surface area contributed by atoms with Crippen molar-refractivity contribution in [3.63, 3.8) is 0 Å². The van der Waals surface area contributed by atoms with Crippen molar-refractivity contribution in [2.45, 2.75) is 0 Å². The van der Waals surface area contributed by atoms with Crippen LogP contribution in [0.3, 0.4) is 0 Å². The van der Waals surface area contributed by atoms with Crippen LogP contribution in [0.2, 0.25) is 0 Å². The van der Waals surface area contributed by atoms with Crippen molar-refractivity contribution in [2.24, 2.45) is 0 Å². The standard InChI is InChI=1S/C38H22OS/c1-2-8-24-19-26(14-13-23(24)7-1)37-28-9-3-5-11-30(28)38(31-12-6-4-10-29(31)37)27-15-16-34-32(20-27)33-22-36-25(17-18-40-36)21-35(33)39-34/h1-22H. The monoisotopic (exact) mass is 526 g/mol. The average Bonchev–Trinajstić information content (AvgIpc) is 3.61. The number of benzene rings is 7. The number of fused-ring (bicyclic) bond motifs is 7. The maximum Gasteiger partial charge on any atom is 0.136 e. The van der Waals surface area contributed by atoms with E-state index < -0.39 is 0 Å². The highest BCUT2D eigenvalue weighted by atomic mass is 32.1. The van der Waals surface area contributed by atoms with Crippen molar-refractivity contribution >= 4 is 75.7 Å². The van der Waals surface area contributed by atoms with Gasteiger partial charge in [-0.05, 0) is 102 Å². The zero-order valence-corrected chi connectivity index (χ0v) is 22.3. The highest BCUT2D eigenvalue weighted by Gasteiger charge is 2.18. The van der Waals surface area contributed by atoms with Gasteiger partial charge in [0.15, 0.2) is 0 Å². The first kappa shape index (κ1) is 22.0. The van der Waals surface area contributed by atoms with Crippen LogP contribution in [0, 0.1) is 0 Å². The summed E-state index contributed by atoms with van der Waals surface area (Å²) in [5.41, 5.74) is 6.88. The molecule has 40 heavy (non-hydrogen) atoms. The van der Waals surface area contributed by atoms with E-state index >= 15 is 0 Å². The smallest absolute Gasteiger partial charge is 0.136 e. The first-order valence-corrected chi connectivity index (χ1v) is 14.5. The number of furan rings is 1. The van der Waals surface area contributed by atoms with E-state index in [1.807, 2.05) is 0 Å². The fourth-order valence-corrected chi connectivity index (χ4v) is 7.29. The summed E-state index contributed by atoms with van der Waals surface area (Å²) >= 11 is 1.78. The summed E-state index contributed by atoms with van der Waals surface area (Å²) in [5.74, 6) is 0. The molecule has 2 heterocycles. The molecule has 0 aliphatic rings. The fraction of sp³-hybridized carbons (Fsp3) is 0. The molecule has 0 saturated carbocycles. The Balaban J connectivity index is 1.37. The highest BCUT2D eigenvalue weighted by molar-refractivity contribution is 7.17. The van der Waals surface area contributed by atoms with E-state index in [2.05, 4.69) is 133 Å². The van der Waals surface area contributed by atoms with E-state index in [4.69, 9.17) is 4.42 Å². The lowest BCUT2D eigenvalue weighted by Crippen LogP contribution is -1.91. The van der Waals surface area contributed by atoms with Gasteiger partial charge in [0, 0.05) is 15.5 Å². The lowest BCUT2D eigenvalue weighted by Gasteiger charge is -2.18. The van der Waals surface area contributed by atoms with E-state index in [1.54, 1.807) is 11.3 Å². The van der Waals surface area contributed by atoms with Gasteiger partial charge in [-0.15, -0.1) is 11.3 Å². The quantitative estimate of drug-likeness (QED) is 0.204. The zero-order chi connectivity index (χ0) is 26.2. The molecule has 0 bridgehead atoms. The molecule has 9 aromatic rings. The van der Waals surface area contributed by atoms with Gasteiger partial charge in [0.25, 0.3) is 0 Å². The first-order valence-electron chi connectivity index (χ1n) is 13.6. The van der Waals surface area contributed by atoms with E-state index in [1.165, 1.54) is 70.0 Å². The molecule has 0 radical (unpaired) electrons. The van der Waals surface area contributed by atoms with Gasteiger partial charge in [0.2, 0.25) is 0 Å². The molecule has 0 unspecified atom stereocenters. The molecule has 9 rings (SSSR count). The molecule has 0 aliphatic carbocycles. The predicted octanol–water partition coefficient (Wildman–Crippen LogP) is 11.6. The molecule has 0 fully saturated rings. The van der Waals surface area contributed by atoms with Crippen molar-refractivity contribution in [3.8, 4) is 22.3 Å². The van der Waals surface area contributed by atoms with Crippen LogP contribution in [0.1, 0.15) is 0 Å². The molecule has 0 N–H and O–H groups in total. The van der Waals surface area contributed by atoms with E-state index in [9.17, 15) is 0 Å². The third-order valence-electron chi connectivity index (χ3n) is 8.30. The van der Waals surface area contributed by atoms with E-state index in [0.29, 0.717) is 0 Å². The molecule has 7 aromatic carbocycles. The Bertz CT molecular complexity index is 2380. The molecule has 1 nitrogen and oxygen atoms in total. The Morgan fingerprint density at radius 3 is 1.73 bits per heavy atom. The van der Waals surface area contributed by atoms with Crippen molar-refractivity contribution < 1.29 is 4.42 Å². The van der Waals surface area contributed by atoms with Gasteiger partial charge in [0.1, 0.15) is 11.2 Å². The first-order chi connectivity index (χ1) is 19.8. The molecule has 2 heteroatoms. The van der Waals surface area contributed by atoms with Gasteiger partial charge in [-0.25, -0.2) is 0 Å². The Morgan fingerprint density at radius 1 is 0.400 bits per heavy atom. The molecule has 2 aromatic heterocycles. The second-order valence-electron chi connectivity index (χ2n) is 10.5. The number of thiophene rings is 1. The van der Waals surface area contributed by atoms with Gasteiger partial charge in [0.05, 0.1) is 0 Å². The second kappa shape index (κ2) is 8.29. The minimum Gasteiger partial charge on any atom is -0.456 e. The van der Waals surface area contributed by atoms with Crippen LogP contribution in [0.25, 0.3) is 86.6 Å². The maximum absolute atomic E-state index is 6.31. The van der Waals surface area contributed by atoms with Gasteiger partial charge in [-0.1, -0.05) is 91.0 Å². The van der Waals surface area contributed by atoms with E-state index in [-0.39, 0.29) is 0 Å². The third-order valence-corrected chi connectivity index (χ3v) is 9.18. The second-order valence-corrected chi connectivity index (χ2v) is 11.5. The van der Waals surface area contributed by atoms with Crippen LogP contribution in [0.5, 0.6) is 0 Å². The summed E-state index contributed by atoms with van der Waals surface area (Å²) in [6.45, 7) is 0. The van der Waals surface area contributed by atoms with E-state index in [0.717, 1.165) is 16.6 Å². The molecule has 0 amide bonds. The van der Waals surface area contributed by atoms with Crippen LogP contribution in [0.15, 0.2) is 137 Å². The molecule has 0 saturated heterocycles. The largest absolute Gasteiger partial charge is 0.456 e. The van der Waals surface area contributed by atoms with Crippen LogP contribution < -0.4 is 0 Å². The van der Waals surface area contributed by atoms with Gasteiger partial charge >= 0.3 is 0 Å². The summed E-state index contributed by atoms with van der Waals surface area (Å²) in [7, 11) is 0. The van der Waals surface area contributed by atoms with Crippen molar-refractivity contribution in [2.75, 3.05) is 0 Å². The molecule has 0 spiro atoms. The SMILES string of the molecule is c1ccc2cc(-c3c4ccccc4c(-c4ccc5oc6cc7ccsc7cc6c5c4)c4ccccc34)ccc2c1. The summed E-state index contributed by atoms with van der Waals surface area (Å²) in [5, 5.41) is 13.3. The van der Waals surface area contributed by atoms with Crippen molar-refractivity contribution in [1.29, 1.82) is 0 Å². The van der Waals surface area contributed by atoms with Gasteiger partial charge in [-0.3, -0.25) is 0 Å².